The van der Waals surface area contributed by atoms with Crippen molar-refractivity contribution in [2.24, 2.45) is 0 Å². The predicted octanol–water partition coefficient (Wildman–Crippen LogP) is 0.105. The first-order valence-corrected chi connectivity index (χ1v) is 6.03. The van der Waals surface area contributed by atoms with Crippen LogP contribution in [0.5, 0.6) is 0 Å². The highest BCUT2D eigenvalue weighted by molar-refractivity contribution is 5.94. The highest BCUT2D eigenvalue weighted by Crippen LogP contribution is 2.02. The second kappa shape index (κ2) is 7.52. The van der Waals surface area contributed by atoms with E-state index < -0.39 is 0 Å². The van der Waals surface area contributed by atoms with Crippen molar-refractivity contribution in [3.05, 3.63) is 29.6 Å². The summed E-state index contributed by atoms with van der Waals surface area (Å²) in [5.41, 5.74) is 1.08. The van der Waals surface area contributed by atoms with Crippen molar-refractivity contribution in [2.45, 2.75) is 13.0 Å². The van der Waals surface area contributed by atoms with E-state index in [9.17, 15) is 4.79 Å². The van der Waals surface area contributed by atoms with E-state index in [0.717, 1.165) is 6.54 Å². The van der Waals surface area contributed by atoms with E-state index in [-0.39, 0.29) is 18.6 Å². The number of amides is 1. The molecule has 1 rings (SSSR count). The van der Waals surface area contributed by atoms with Crippen molar-refractivity contribution < 1.29 is 9.90 Å². The average Bonchev–Trinajstić information content (AvgIpc) is 2.35. The Balaban J connectivity index is 2.71. The average molecular weight is 261 g/mol. The summed E-state index contributed by atoms with van der Waals surface area (Å²) < 4.78 is 0. The Kier molecular flexibility index (Phi) is 6.00. The van der Waals surface area contributed by atoms with Crippen LogP contribution in [0.2, 0.25) is 0 Å². The summed E-state index contributed by atoms with van der Waals surface area (Å²) in [4.78, 5) is 18.0. The number of aromatic nitrogens is 1. The third-order valence-corrected chi connectivity index (χ3v) is 2.33. The summed E-state index contributed by atoms with van der Waals surface area (Å²) in [5, 5.41) is 11.5. The van der Waals surface area contributed by atoms with E-state index in [1.165, 1.54) is 6.20 Å². The summed E-state index contributed by atoms with van der Waals surface area (Å²) in [6.45, 7) is 2.50. The number of likely N-dealkylation sites (N-methyl/N-ethyl adjacent to an activating group) is 1. The first kappa shape index (κ1) is 15.2. The van der Waals surface area contributed by atoms with Gasteiger partial charge in [0, 0.05) is 30.5 Å². The van der Waals surface area contributed by atoms with E-state index in [1.807, 2.05) is 25.9 Å². The van der Waals surface area contributed by atoms with Crippen LogP contribution in [0.3, 0.4) is 0 Å². The molecule has 5 heteroatoms. The van der Waals surface area contributed by atoms with Crippen molar-refractivity contribution >= 4 is 5.91 Å². The first-order chi connectivity index (χ1) is 9.02. The van der Waals surface area contributed by atoms with Crippen LogP contribution in [0.4, 0.5) is 0 Å². The van der Waals surface area contributed by atoms with Crippen molar-refractivity contribution in [2.75, 3.05) is 27.2 Å². The third kappa shape index (κ3) is 5.51. The number of carbonyl (C=O) groups excluding carboxylic acids is 1. The normalized spacial score (nSPS) is 11.6. The lowest BCUT2D eigenvalue weighted by Gasteiger charge is -2.18. The molecule has 0 bridgehead atoms. The summed E-state index contributed by atoms with van der Waals surface area (Å²) in [7, 11) is 3.91. The molecule has 0 saturated heterocycles. The van der Waals surface area contributed by atoms with Gasteiger partial charge in [0.25, 0.3) is 5.91 Å². The van der Waals surface area contributed by atoms with Gasteiger partial charge in [0.15, 0.2) is 0 Å². The molecule has 0 aromatic carbocycles. The first-order valence-electron chi connectivity index (χ1n) is 6.03. The van der Waals surface area contributed by atoms with Crippen LogP contribution in [0.25, 0.3) is 0 Å². The molecular formula is C14H19N3O2. The van der Waals surface area contributed by atoms with Crippen molar-refractivity contribution in [3.63, 3.8) is 0 Å². The molecule has 1 atom stereocenters. The number of aliphatic hydroxyl groups is 1. The molecule has 102 valence electrons. The van der Waals surface area contributed by atoms with Gasteiger partial charge in [0.1, 0.15) is 6.61 Å². The Hall–Kier alpha value is -1.90. The van der Waals surface area contributed by atoms with Crippen molar-refractivity contribution in [1.29, 1.82) is 0 Å². The molecule has 0 spiro atoms. The molecule has 1 heterocycles. The lowest BCUT2D eigenvalue weighted by atomic mass is 10.2. The smallest absolute Gasteiger partial charge is 0.253 e. The number of rotatable bonds is 4. The molecule has 19 heavy (non-hydrogen) atoms. The zero-order valence-electron chi connectivity index (χ0n) is 11.5. The number of aliphatic hydroxyl groups excluding tert-OH is 1. The fourth-order valence-corrected chi connectivity index (χ4v) is 1.67. The maximum atomic E-state index is 12.0. The minimum Gasteiger partial charge on any atom is -0.384 e. The molecule has 1 aromatic heterocycles. The van der Waals surface area contributed by atoms with Crippen LogP contribution in [0.15, 0.2) is 18.5 Å². The molecule has 5 nitrogen and oxygen atoms in total. The fraction of sp³-hybridized carbons (Fsp3) is 0.429. The standard InChI is InChI=1S/C14H19N3O2/c1-11(10-17(2)3)16-14(19)13-7-12(5-4-6-18)8-15-9-13/h7-9,11,18H,6,10H2,1-3H3,(H,16,19). The highest BCUT2D eigenvalue weighted by atomic mass is 16.2. The summed E-state index contributed by atoms with van der Waals surface area (Å²) in [6, 6.07) is 1.71. The number of carbonyl (C=O) groups is 1. The summed E-state index contributed by atoms with van der Waals surface area (Å²) in [6.07, 6.45) is 3.06. The topological polar surface area (TPSA) is 65.5 Å². The summed E-state index contributed by atoms with van der Waals surface area (Å²) >= 11 is 0. The minimum atomic E-state index is -0.212. The van der Waals surface area contributed by atoms with Crippen molar-refractivity contribution in [1.82, 2.24) is 15.2 Å². The van der Waals surface area contributed by atoms with Gasteiger partial charge >= 0.3 is 0 Å². The van der Waals surface area contributed by atoms with Crippen LogP contribution < -0.4 is 5.32 Å². The number of hydrogen-bond acceptors (Lipinski definition) is 4. The van der Waals surface area contributed by atoms with Gasteiger partial charge in [-0.05, 0) is 27.1 Å². The SMILES string of the molecule is CC(CN(C)C)NC(=O)c1cncc(C#CCO)c1. The molecule has 0 aliphatic rings. The molecule has 0 fully saturated rings. The van der Waals surface area contributed by atoms with Crippen LogP contribution in [0, 0.1) is 11.8 Å². The van der Waals surface area contributed by atoms with Gasteiger partial charge in [-0.15, -0.1) is 0 Å². The van der Waals surface area contributed by atoms with E-state index >= 15 is 0 Å². The minimum absolute atomic E-state index is 0.0506. The van der Waals surface area contributed by atoms with Crippen molar-refractivity contribution in [3.8, 4) is 11.8 Å². The molecule has 1 amide bonds. The van der Waals surface area contributed by atoms with Gasteiger partial charge in [-0.1, -0.05) is 11.8 Å². The molecular weight excluding hydrogens is 242 g/mol. The van der Waals surface area contributed by atoms with Crippen LogP contribution in [0.1, 0.15) is 22.8 Å². The van der Waals surface area contributed by atoms with Crippen LogP contribution >= 0.6 is 0 Å². The Morgan fingerprint density at radius 2 is 2.26 bits per heavy atom. The van der Waals surface area contributed by atoms with Crippen LogP contribution in [-0.4, -0.2) is 54.2 Å². The summed E-state index contributed by atoms with van der Waals surface area (Å²) in [5.74, 6) is 5.08. The molecule has 0 saturated carbocycles. The molecule has 0 aliphatic heterocycles. The lowest BCUT2D eigenvalue weighted by Crippen LogP contribution is -2.39. The van der Waals surface area contributed by atoms with Gasteiger partial charge in [-0.25, -0.2) is 0 Å². The number of nitrogens with one attached hydrogen (secondary N) is 1. The van der Waals surface area contributed by atoms with E-state index in [1.54, 1.807) is 12.3 Å². The number of nitrogens with zero attached hydrogens (tertiary/aromatic N) is 2. The molecule has 2 N–H and O–H groups in total. The molecule has 0 radical (unpaired) electrons. The Labute approximate surface area is 113 Å². The zero-order chi connectivity index (χ0) is 14.3. The van der Waals surface area contributed by atoms with E-state index in [0.29, 0.717) is 11.1 Å². The largest absolute Gasteiger partial charge is 0.384 e. The second-order valence-corrected chi connectivity index (χ2v) is 4.56. The Morgan fingerprint density at radius 1 is 1.53 bits per heavy atom. The third-order valence-electron chi connectivity index (χ3n) is 2.33. The Bertz CT molecular complexity index is 489. The quantitative estimate of drug-likeness (QED) is 0.755. The van der Waals surface area contributed by atoms with Gasteiger partial charge in [0.05, 0.1) is 5.56 Å². The second-order valence-electron chi connectivity index (χ2n) is 4.56. The predicted molar refractivity (Wildman–Crippen MR) is 73.7 cm³/mol. The molecule has 1 aromatic rings. The highest BCUT2D eigenvalue weighted by Gasteiger charge is 2.10. The lowest BCUT2D eigenvalue weighted by molar-refractivity contribution is 0.0934. The maximum Gasteiger partial charge on any atom is 0.253 e. The van der Waals surface area contributed by atoms with Gasteiger partial charge in [-0.3, -0.25) is 9.78 Å². The maximum absolute atomic E-state index is 12.0. The number of hydrogen-bond donors (Lipinski definition) is 2. The van der Waals surface area contributed by atoms with E-state index in [4.69, 9.17) is 5.11 Å². The fourth-order valence-electron chi connectivity index (χ4n) is 1.67. The van der Waals surface area contributed by atoms with Gasteiger partial charge in [0.2, 0.25) is 0 Å². The van der Waals surface area contributed by atoms with E-state index in [2.05, 4.69) is 22.1 Å². The molecule has 1 unspecified atom stereocenters. The van der Waals surface area contributed by atoms with Gasteiger partial charge < -0.3 is 15.3 Å². The van der Waals surface area contributed by atoms with Gasteiger partial charge in [-0.2, -0.15) is 0 Å². The van der Waals surface area contributed by atoms with Crippen LogP contribution in [-0.2, 0) is 0 Å². The Morgan fingerprint density at radius 3 is 2.89 bits per heavy atom. The molecule has 0 aliphatic carbocycles. The number of pyridine rings is 1. The zero-order valence-corrected chi connectivity index (χ0v) is 11.5. The monoisotopic (exact) mass is 261 g/mol.